The van der Waals surface area contributed by atoms with Crippen LogP contribution in [-0.4, -0.2) is 69.1 Å². The van der Waals surface area contributed by atoms with Gasteiger partial charge in [0.25, 0.3) is 11.8 Å². The number of carbonyl (C=O) groups is 2. The average molecular weight is 1020 g/mol. The van der Waals surface area contributed by atoms with E-state index in [1.165, 1.54) is 73.6 Å². The zero-order valence-electron chi connectivity index (χ0n) is 38.1. The van der Waals surface area contributed by atoms with Gasteiger partial charge in [0.05, 0.1) is 70.0 Å². The molecule has 4 heterocycles. The van der Waals surface area contributed by atoms with Crippen molar-refractivity contribution in [1.82, 2.24) is 29.7 Å². The number of hydrogen-bond acceptors (Lipinski definition) is 12. The molecule has 14 nitrogen and oxygen atoms in total. The smallest absolute Gasteiger partial charge is 0.425 e. The Labute approximate surface area is 409 Å². The van der Waals surface area contributed by atoms with Gasteiger partial charge in [-0.15, -0.1) is 0 Å². The molecular formula is C50H37ClF7N7O7. The maximum Gasteiger partial charge on any atom is 0.425 e. The van der Waals surface area contributed by atoms with E-state index >= 15 is 8.78 Å². The summed E-state index contributed by atoms with van der Waals surface area (Å²) >= 11 is 6.33. The molecule has 2 aromatic heterocycles. The van der Waals surface area contributed by atoms with Crippen LogP contribution in [0.4, 0.5) is 42.2 Å². The SMILES string of the molecule is COc1ccc(CN2Cc3nc(-c4c(F)cccc4F)nc(Nc4ccc(C(C)(OOc5ccc(CN6Cc7nc(-c8c(F)cccc8F)nc(Cl)c7C6=O)c(OC)c5)C(F)(F)F)cc4)c3C2=O)c(OC)c1. The normalized spacial score (nSPS) is 14.0. The van der Waals surface area contributed by atoms with Gasteiger partial charge in [0.1, 0.15) is 62.6 Å². The molecule has 1 N–H and O–H groups in total. The van der Waals surface area contributed by atoms with Gasteiger partial charge in [-0.3, -0.25) is 9.59 Å². The Morgan fingerprint density at radius 2 is 1.10 bits per heavy atom. The van der Waals surface area contributed by atoms with Gasteiger partial charge in [0, 0.05) is 28.9 Å². The molecule has 0 saturated carbocycles. The Hall–Kier alpha value is -8.04. The number of aromatic nitrogens is 4. The van der Waals surface area contributed by atoms with Crippen molar-refractivity contribution < 1.29 is 64.3 Å². The van der Waals surface area contributed by atoms with Gasteiger partial charge in [-0.2, -0.15) is 18.1 Å². The van der Waals surface area contributed by atoms with Gasteiger partial charge in [-0.05, 0) is 73.2 Å². The molecule has 5 aromatic carbocycles. The number of rotatable bonds is 15. The van der Waals surface area contributed by atoms with Crippen molar-refractivity contribution in [2.24, 2.45) is 0 Å². The minimum absolute atomic E-state index is 0.0295. The monoisotopic (exact) mass is 1020 g/mol. The predicted molar refractivity (Wildman–Crippen MR) is 244 cm³/mol. The van der Waals surface area contributed by atoms with E-state index in [9.17, 15) is 31.5 Å². The zero-order valence-corrected chi connectivity index (χ0v) is 38.9. The molecule has 0 saturated heterocycles. The summed E-state index contributed by atoms with van der Waals surface area (Å²) < 4.78 is 121. The van der Waals surface area contributed by atoms with E-state index in [-0.39, 0.29) is 88.5 Å². The Kier molecular flexibility index (Phi) is 13.1. The molecule has 0 aliphatic carbocycles. The number of hydrogen-bond donors (Lipinski definition) is 1. The lowest BCUT2D eigenvalue weighted by molar-refractivity contribution is -0.382. The lowest BCUT2D eigenvalue weighted by atomic mass is 9.95. The lowest BCUT2D eigenvalue weighted by Crippen LogP contribution is -2.43. The predicted octanol–water partition coefficient (Wildman–Crippen LogP) is 10.7. The van der Waals surface area contributed by atoms with Gasteiger partial charge < -0.3 is 34.2 Å². The van der Waals surface area contributed by atoms with Crippen molar-refractivity contribution in [3.63, 3.8) is 0 Å². The van der Waals surface area contributed by atoms with Crippen LogP contribution in [0.5, 0.6) is 23.0 Å². The summed E-state index contributed by atoms with van der Waals surface area (Å²) in [5.74, 6) is -5.02. The van der Waals surface area contributed by atoms with Crippen LogP contribution in [-0.2, 0) is 36.7 Å². The first kappa shape index (κ1) is 49.0. The van der Waals surface area contributed by atoms with Gasteiger partial charge >= 0.3 is 6.18 Å². The average Bonchev–Trinajstić information content (AvgIpc) is 3.84. The summed E-state index contributed by atoms with van der Waals surface area (Å²) in [6.07, 6.45) is -5.08. The number of halogens is 8. The summed E-state index contributed by atoms with van der Waals surface area (Å²) in [5.41, 5.74) is -3.32. The molecule has 0 spiro atoms. The molecule has 0 radical (unpaired) electrons. The van der Waals surface area contributed by atoms with E-state index in [0.717, 1.165) is 43.3 Å². The molecular weight excluding hydrogens is 979 g/mol. The van der Waals surface area contributed by atoms with Crippen LogP contribution in [0.3, 0.4) is 0 Å². The number of alkyl halides is 3. The first-order chi connectivity index (χ1) is 34.4. The number of ether oxygens (including phenoxy) is 3. The van der Waals surface area contributed by atoms with E-state index in [4.69, 9.17) is 35.6 Å². The molecule has 2 amide bonds. The Morgan fingerprint density at radius 3 is 1.61 bits per heavy atom. The Morgan fingerprint density at radius 1 is 0.611 bits per heavy atom. The van der Waals surface area contributed by atoms with Crippen LogP contribution in [0.25, 0.3) is 22.8 Å². The highest BCUT2D eigenvalue weighted by Crippen LogP contribution is 2.44. The van der Waals surface area contributed by atoms with Crippen LogP contribution in [0.2, 0.25) is 5.15 Å². The van der Waals surface area contributed by atoms with Gasteiger partial charge in [-0.1, -0.05) is 35.9 Å². The molecule has 22 heteroatoms. The van der Waals surface area contributed by atoms with E-state index in [1.54, 1.807) is 18.2 Å². The topological polar surface area (TPSA) is 150 Å². The van der Waals surface area contributed by atoms with Crippen molar-refractivity contribution in [3.8, 4) is 45.8 Å². The van der Waals surface area contributed by atoms with Crippen LogP contribution < -0.4 is 24.4 Å². The summed E-state index contributed by atoms with van der Waals surface area (Å²) in [6, 6.07) is 20.2. The molecule has 2 aliphatic rings. The highest BCUT2D eigenvalue weighted by atomic mass is 35.5. The molecule has 9 rings (SSSR count). The fourth-order valence-corrected chi connectivity index (χ4v) is 8.43. The third-order valence-electron chi connectivity index (χ3n) is 12.0. The number of anilines is 2. The maximum atomic E-state index is 15.1. The molecule has 1 atom stereocenters. The summed E-state index contributed by atoms with van der Waals surface area (Å²) in [7, 11) is 4.23. The Bertz CT molecular complexity index is 3260. The first-order valence-corrected chi connectivity index (χ1v) is 21.9. The van der Waals surface area contributed by atoms with Crippen LogP contribution in [0.1, 0.15) is 55.7 Å². The molecule has 0 fully saturated rings. The number of methoxy groups -OCH3 is 3. The quantitative estimate of drug-likeness (QED) is 0.0451. The van der Waals surface area contributed by atoms with Crippen molar-refractivity contribution >= 4 is 34.9 Å². The first-order valence-electron chi connectivity index (χ1n) is 21.5. The largest absolute Gasteiger partial charge is 0.497 e. The molecule has 370 valence electrons. The van der Waals surface area contributed by atoms with E-state index in [1.807, 2.05) is 0 Å². The van der Waals surface area contributed by atoms with Crippen molar-refractivity contribution in [2.45, 2.75) is 44.9 Å². The van der Waals surface area contributed by atoms with E-state index in [2.05, 4.69) is 25.3 Å². The molecule has 7 aromatic rings. The highest BCUT2D eigenvalue weighted by molar-refractivity contribution is 6.33. The fraction of sp³-hybridized carbons (Fsp3) is 0.200. The standard InChI is InChI=1S/C50H37ClF7N7O7/c1-49(50(56,57)58,72-71-30-18-12-26(38(20-30)70-4)21-64-23-35-41(47(64)66)43(51)62-44(60-35)39-31(52)7-5-8-32(39)53)27-13-15-28(16-14-27)59-46-42-36(61-45(63-46)40-33(54)9-6-10-34(40)55)24-65(48(42)67)22-25-11-17-29(68-2)19-37(25)69-3/h5-20H,21-24H2,1-4H3,(H,59,61,63). The number of amides is 2. The van der Waals surface area contributed by atoms with Crippen molar-refractivity contribution in [1.29, 1.82) is 0 Å². The van der Waals surface area contributed by atoms with Crippen LogP contribution in [0, 0.1) is 23.3 Å². The third-order valence-corrected chi connectivity index (χ3v) is 12.3. The van der Waals surface area contributed by atoms with Gasteiger partial charge in [-0.25, -0.2) is 37.5 Å². The van der Waals surface area contributed by atoms with Crippen LogP contribution >= 0.6 is 11.6 Å². The summed E-state index contributed by atoms with van der Waals surface area (Å²) in [4.78, 5) is 57.7. The van der Waals surface area contributed by atoms with Crippen LogP contribution in [0.15, 0.2) is 97.1 Å². The second-order valence-corrected chi connectivity index (χ2v) is 16.8. The van der Waals surface area contributed by atoms with E-state index in [0.29, 0.717) is 22.6 Å². The summed E-state index contributed by atoms with van der Waals surface area (Å²) in [5, 5.41) is 2.62. The second kappa shape index (κ2) is 19.3. The number of carbonyl (C=O) groups excluding carboxylic acids is 2. The molecule has 1 unspecified atom stereocenters. The summed E-state index contributed by atoms with van der Waals surface area (Å²) in [6.45, 7) is 0.429. The number of nitrogens with one attached hydrogen (secondary N) is 1. The number of benzene rings is 5. The minimum atomic E-state index is -5.08. The zero-order chi connectivity index (χ0) is 51.2. The number of fused-ring (bicyclic) bond motifs is 2. The van der Waals surface area contributed by atoms with Crippen molar-refractivity contribution in [3.05, 3.63) is 165 Å². The molecule has 2 aliphatic heterocycles. The maximum absolute atomic E-state index is 15.1. The molecule has 0 bridgehead atoms. The minimum Gasteiger partial charge on any atom is -0.497 e. The Balaban J connectivity index is 0.935. The fourth-order valence-electron chi connectivity index (χ4n) is 8.16. The highest BCUT2D eigenvalue weighted by Gasteiger charge is 2.56. The third kappa shape index (κ3) is 9.11. The second-order valence-electron chi connectivity index (χ2n) is 16.4. The van der Waals surface area contributed by atoms with Gasteiger partial charge in [0.2, 0.25) is 5.60 Å². The van der Waals surface area contributed by atoms with Gasteiger partial charge in [0.15, 0.2) is 17.4 Å². The molecule has 72 heavy (non-hydrogen) atoms. The van der Waals surface area contributed by atoms with E-state index < -0.39 is 63.6 Å². The number of nitrogens with zero attached hydrogens (tertiary/aromatic N) is 6. The van der Waals surface area contributed by atoms with Crippen molar-refractivity contribution in [2.75, 3.05) is 26.6 Å². The lowest BCUT2D eigenvalue weighted by Gasteiger charge is -2.31.